The van der Waals surface area contributed by atoms with Crippen molar-refractivity contribution in [1.82, 2.24) is 9.80 Å². The number of amides is 1. The van der Waals surface area contributed by atoms with Gasteiger partial charge < -0.3 is 14.9 Å². The molecule has 0 radical (unpaired) electrons. The van der Waals surface area contributed by atoms with Crippen LogP contribution < -0.4 is 0 Å². The van der Waals surface area contributed by atoms with E-state index in [0.717, 1.165) is 32.5 Å². The van der Waals surface area contributed by atoms with Crippen LogP contribution in [0.25, 0.3) is 0 Å². The maximum absolute atomic E-state index is 11.8. The number of aliphatic hydroxyl groups excluding tert-OH is 1. The molecule has 1 heterocycles. The predicted octanol–water partition coefficient (Wildman–Crippen LogP) is 0.557. The zero-order chi connectivity index (χ0) is 12.1. The zero-order valence-electron chi connectivity index (χ0n) is 10.6. The summed E-state index contributed by atoms with van der Waals surface area (Å²) >= 11 is 0. The number of hydrogen-bond acceptors (Lipinski definition) is 3. The fourth-order valence-electron chi connectivity index (χ4n) is 2.11. The van der Waals surface area contributed by atoms with Gasteiger partial charge in [-0.3, -0.25) is 4.79 Å². The van der Waals surface area contributed by atoms with E-state index in [0.29, 0.717) is 12.3 Å². The first kappa shape index (κ1) is 13.5. The molecule has 0 saturated carbocycles. The molecule has 16 heavy (non-hydrogen) atoms. The highest BCUT2D eigenvalue weighted by Crippen LogP contribution is 2.20. The molecule has 1 amide bonds. The van der Waals surface area contributed by atoms with Gasteiger partial charge in [-0.05, 0) is 39.8 Å². The van der Waals surface area contributed by atoms with Crippen LogP contribution in [0.4, 0.5) is 0 Å². The van der Waals surface area contributed by atoms with Crippen LogP contribution in [0.3, 0.4) is 0 Å². The number of nitrogens with zero attached hydrogens (tertiary/aromatic N) is 2. The van der Waals surface area contributed by atoms with Gasteiger partial charge in [0.25, 0.3) is 0 Å². The first-order chi connectivity index (χ1) is 7.50. The summed E-state index contributed by atoms with van der Waals surface area (Å²) < 4.78 is 0. The molecule has 0 aromatic carbocycles. The maximum atomic E-state index is 11.8. The van der Waals surface area contributed by atoms with Gasteiger partial charge in [0.15, 0.2) is 0 Å². The minimum absolute atomic E-state index is 0.237. The van der Waals surface area contributed by atoms with E-state index in [1.54, 1.807) is 0 Å². The normalized spacial score (nSPS) is 20.2. The first-order valence-electron chi connectivity index (χ1n) is 6.11. The molecule has 1 rings (SSSR count). The quantitative estimate of drug-likeness (QED) is 0.764. The number of carbonyl (C=O) groups is 1. The van der Waals surface area contributed by atoms with Gasteiger partial charge in [-0.25, -0.2) is 0 Å². The first-order valence-corrected chi connectivity index (χ1v) is 6.11. The molecule has 1 saturated heterocycles. The van der Waals surface area contributed by atoms with Crippen molar-refractivity contribution in [3.05, 3.63) is 0 Å². The topological polar surface area (TPSA) is 43.8 Å². The number of likely N-dealkylation sites (tertiary alicyclic amines) is 1. The van der Waals surface area contributed by atoms with Gasteiger partial charge in [0.2, 0.25) is 5.91 Å². The third-order valence-electron chi connectivity index (χ3n) is 3.35. The lowest BCUT2D eigenvalue weighted by Gasteiger charge is -2.33. The zero-order valence-corrected chi connectivity index (χ0v) is 10.6. The molecule has 1 aliphatic heterocycles. The summed E-state index contributed by atoms with van der Waals surface area (Å²) in [5, 5.41) is 9.47. The van der Waals surface area contributed by atoms with Crippen molar-refractivity contribution in [3.63, 3.8) is 0 Å². The van der Waals surface area contributed by atoms with Crippen molar-refractivity contribution in [1.29, 1.82) is 0 Å². The molecule has 1 N–H and O–H groups in total. The average molecular weight is 228 g/mol. The summed E-state index contributed by atoms with van der Waals surface area (Å²) in [7, 11) is 3.96. The lowest BCUT2D eigenvalue weighted by Crippen LogP contribution is -2.41. The van der Waals surface area contributed by atoms with E-state index in [9.17, 15) is 9.90 Å². The van der Waals surface area contributed by atoms with Gasteiger partial charge in [0.1, 0.15) is 0 Å². The second kappa shape index (κ2) is 6.21. The van der Waals surface area contributed by atoms with E-state index < -0.39 is 0 Å². The Hall–Kier alpha value is -0.610. The predicted molar refractivity (Wildman–Crippen MR) is 64.2 cm³/mol. The van der Waals surface area contributed by atoms with Crippen LogP contribution in [0.2, 0.25) is 0 Å². The fraction of sp³-hybridized carbons (Fsp3) is 0.917. The van der Waals surface area contributed by atoms with Crippen LogP contribution in [0.1, 0.15) is 26.2 Å². The molecule has 1 atom stereocenters. The van der Waals surface area contributed by atoms with Crippen LogP contribution in [-0.4, -0.2) is 60.6 Å². The minimum Gasteiger partial charge on any atom is -0.393 e. The smallest absolute Gasteiger partial charge is 0.223 e. The molecule has 0 spiro atoms. The minimum atomic E-state index is -0.237. The number of carbonyl (C=O) groups excluding carboxylic acids is 1. The van der Waals surface area contributed by atoms with Crippen molar-refractivity contribution in [2.45, 2.75) is 32.3 Å². The maximum Gasteiger partial charge on any atom is 0.223 e. The van der Waals surface area contributed by atoms with Gasteiger partial charge in [-0.2, -0.15) is 0 Å². The summed E-state index contributed by atoms with van der Waals surface area (Å²) in [4.78, 5) is 15.8. The molecule has 0 aromatic rings. The molecular weight excluding hydrogens is 204 g/mol. The molecular formula is C12H24N2O2. The SMILES string of the molecule is CC(O)C1CCN(C(=O)CCN(C)C)CC1. The van der Waals surface area contributed by atoms with Crippen LogP contribution in [0, 0.1) is 5.92 Å². The third kappa shape index (κ3) is 4.10. The highest BCUT2D eigenvalue weighted by atomic mass is 16.3. The van der Waals surface area contributed by atoms with Crippen molar-refractivity contribution >= 4 is 5.91 Å². The van der Waals surface area contributed by atoms with Crippen molar-refractivity contribution in [2.75, 3.05) is 33.7 Å². The number of rotatable bonds is 4. The molecule has 4 heteroatoms. The Morgan fingerprint density at radius 2 is 2.00 bits per heavy atom. The molecule has 1 unspecified atom stereocenters. The van der Waals surface area contributed by atoms with Gasteiger partial charge in [0, 0.05) is 26.1 Å². The van der Waals surface area contributed by atoms with Crippen molar-refractivity contribution < 1.29 is 9.90 Å². The van der Waals surface area contributed by atoms with E-state index in [-0.39, 0.29) is 12.0 Å². The Labute approximate surface area is 98.2 Å². The molecule has 94 valence electrons. The standard InChI is InChI=1S/C12H24N2O2/c1-10(15)11-4-8-14(9-5-11)12(16)6-7-13(2)3/h10-11,15H,4-9H2,1-3H3. The second-order valence-corrected chi connectivity index (χ2v) is 5.01. The van der Waals surface area contributed by atoms with E-state index >= 15 is 0 Å². The molecule has 0 aliphatic carbocycles. The van der Waals surface area contributed by atoms with Crippen molar-refractivity contribution in [2.24, 2.45) is 5.92 Å². The van der Waals surface area contributed by atoms with E-state index in [4.69, 9.17) is 0 Å². The number of hydrogen-bond donors (Lipinski definition) is 1. The van der Waals surface area contributed by atoms with Gasteiger partial charge in [0.05, 0.1) is 6.10 Å². The molecule has 1 aliphatic rings. The number of aliphatic hydroxyl groups is 1. The van der Waals surface area contributed by atoms with Gasteiger partial charge in [-0.1, -0.05) is 0 Å². The van der Waals surface area contributed by atoms with Crippen LogP contribution in [0.15, 0.2) is 0 Å². The lowest BCUT2D eigenvalue weighted by molar-refractivity contribution is -0.133. The summed E-state index contributed by atoms with van der Waals surface area (Å²) in [5.41, 5.74) is 0. The highest BCUT2D eigenvalue weighted by molar-refractivity contribution is 5.76. The molecule has 0 aromatic heterocycles. The van der Waals surface area contributed by atoms with Gasteiger partial charge >= 0.3 is 0 Å². The lowest BCUT2D eigenvalue weighted by atomic mass is 9.92. The molecule has 4 nitrogen and oxygen atoms in total. The van der Waals surface area contributed by atoms with E-state index in [1.807, 2.05) is 30.8 Å². The second-order valence-electron chi connectivity index (χ2n) is 5.01. The summed E-state index contributed by atoms with van der Waals surface area (Å²) in [6.45, 7) is 4.27. The Morgan fingerprint density at radius 3 is 2.44 bits per heavy atom. The van der Waals surface area contributed by atoms with Crippen LogP contribution >= 0.6 is 0 Å². The van der Waals surface area contributed by atoms with E-state index in [2.05, 4.69) is 0 Å². The van der Waals surface area contributed by atoms with Gasteiger partial charge in [-0.15, -0.1) is 0 Å². The largest absolute Gasteiger partial charge is 0.393 e. The summed E-state index contributed by atoms with van der Waals surface area (Å²) in [6.07, 6.45) is 2.24. The Bertz CT molecular complexity index is 221. The van der Waals surface area contributed by atoms with E-state index in [1.165, 1.54) is 0 Å². The molecule has 1 fully saturated rings. The van der Waals surface area contributed by atoms with Crippen molar-refractivity contribution in [3.8, 4) is 0 Å². The van der Waals surface area contributed by atoms with Crippen LogP contribution in [0.5, 0.6) is 0 Å². The summed E-state index contributed by atoms with van der Waals surface area (Å²) in [6, 6.07) is 0. The van der Waals surface area contributed by atoms with Crippen LogP contribution in [-0.2, 0) is 4.79 Å². The fourth-order valence-corrected chi connectivity index (χ4v) is 2.11. The summed E-state index contributed by atoms with van der Waals surface area (Å²) in [5.74, 6) is 0.621. The monoisotopic (exact) mass is 228 g/mol. The number of piperidine rings is 1. The molecule has 0 bridgehead atoms. The Kier molecular flexibility index (Phi) is 5.22. The third-order valence-corrected chi connectivity index (χ3v) is 3.35. The Balaban J connectivity index is 2.27. The Morgan fingerprint density at radius 1 is 1.44 bits per heavy atom. The average Bonchev–Trinajstić information content (AvgIpc) is 2.26. The highest BCUT2D eigenvalue weighted by Gasteiger charge is 2.24.